The molecule has 0 unspecified atom stereocenters. The average Bonchev–Trinajstić information content (AvgIpc) is 3.99. The zero-order chi connectivity index (χ0) is 55.5. The van der Waals surface area contributed by atoms with E-state index in [1.807, 2.05) is 127 Å². The van der Waals surface area contributed by atoms with Crippen molar-refractivity contribution < 1.29 is 19.1 Å². The lowest BCUT2D eigenvalue weighted by atomic mass is 10.0. The standard InChI is InChI=1S/C29H32N8O2.C28H34N8O2/c1-7-28(38)32-23-16-24(27(39-6)17-26(23)37(5)13-12-35(2)3)34-29-31-10-8-22(33-29)21-14-19(18-30)15-25-20(21)9-11-36(25)4;1-8-27(37)31-22-15-23(26(38-7)16-25(22)35(5)12-11-34(3)4)33-28-29-10-9-21(32-28)19-13-18(2)14-24-20(19)17-30-36(24)6/h7-11,14-17H,1,12-13H2,2-6H3,(H,32,38)(H,31,33,34);8-10,13-17H,1,11-12H2,2-7H3,(H,31,37)(H,29,32,33). The van der Waals surface area contributed by atoms with Crippen LogP contribution < -0.4 is 40.5 Å². The number of aryl methyl sites for hydroxylation is 3. The molecular formula is C57H66N16O4. The summed E-state index contributed by atoms with van der Waals surface area (Å²) in [7, 11) is 19.1. The molecule has 4 aromatic heterocycles. The Morgan fingerprint density at radius 1 is 0.662 bits per heavy atom. The normalized spacial score (nSPS) is 10.9. The third kappa shape index (κ3) is 13.3. The van der Waals surface area contributed by atoms with Gasteiger partial charge in [0.25, 0.3) is 0 Å². The molecule has 0 fully saturated rings. The highest BCUT2D eigenvalue weighted by atomic mass is 16.5. The lowest BCUT2D eigenvalue weighted by Gasteiger charge is -2.26. The number of likely N-dealkylation sites (N-methyl/N-ethyl adjacent to an activating group) is 4. The highest BCUT2D eigenvalue weighted by Crippen LogP contribution is 2.40. The number of nitrogens with one attached hydrogen (secondary N) is 4. The van der Waals surface area contributed by atoms with Crippen LogP contribution in [0.25, 0.3) is 44.3 Å². The van der Waals surface area contributed by atoms with Crippen LogP contribution in [0.4, 0.5) is 46.0 Å². The van der Waals surface area contributed by atoms with Gasteiger partial charge in [0.05, 0.1) is 83.1 Å². The van der Waals surface area contributed by atoms with Crippen molar-refractivity contribution in [3.8, 4) is 40.1 Å². The number of carbonyl (C=O) groups is 2. The van der Waals surface area contributed by atoms with Crippen LogP contribution in [-0.2, 0) is 23.7 Å². The van der Waals surface area contributed by atoms with Crippen LogP contribution in [0.1, 0.15) is 11.1 Å². The first kappa shape index (κ1) is 55.4. The molecule has 8 aromatic rings. The fraction of sp³-hybridized carbons (Fsp3) is 0.263. The largest absolute Gasteiger partial charge is 0.494 e. The molecule has 0 aliphatic rings. The summed E-state index contributed by atoms with van der Waals surface area (Å²) in [6, 6.07) is 23.2. The summed E-state index contributed by atoms with van der Waals surface area (Å²) < 4.78 is 15.2. The van der Waals surface area contributed by atoms with Crippen molar-refractivity contribution in [1.29, 1.82) is 5.26 Å². The molecule has 4 heterocycles. The van der Waals surface area contributed by atoms with Gasteiger partial charge in [0.15, 0.2) is 0 Å². The van der Waals surface area contributed by atoms with Crippen molar-refractivity contribution in [2.45, 2.75) is 6.92 Å². The molecule has 77 heavy (non-hydrogen) atoms. The Hall–Kier alpha value is -9.32. The van der Waals surface area contributed by atoms with Crippen molar-refractivity contribution >= 4 is 79.6 Å². The number of hydrogen-bond donors (Lipinski definition) is 4. The molecule has 2 amide bonds. The van der Waals surface area contributed by atoms with E-state index >= 15 is 0 Å². The van der Waals surface area contributed by atoms with Gasteiger partial charge < -0.3 is 54.9 Å². The Kier molecular flexibility index (Phi) is 17.9. The number of rotatable bonds is 20. The van der Waals surface area contributed by atoms with Gasteiger partial charge in [-0.15, -0.1) is 0 Å². The number of fused-ring (bicyclic) bond motifs is 2. The second kappa shape index (κ2) is 24.8. The van der Waals surface area contributed by atoms with Crippen molar-refractivity contribution in [3.63, 3.8) is 0 Å². The first-order valence-corrected chi connectivity index (χ1v) is 24.6. The van der Waals surface area contributed by atoms with Crippen LogP contribution in [0.3, 0.4) is 0 Å². The average molecular weight is 1040 g/mol. The maximum atomic E-state index is 12.3. The lowest BCUT2D eigenvalue weighted by molar-refractivity contribution is -0.112. The van der Waals surface area contributed by atoms with Crippen LogP contribution in [0, 0.1) is 18.3 Å². The number of anilines is 8. The van der Waals surface area contributed by atoms with Gasteiger partial charge in [-0.1, -0.05) is 13.2 Å². The SMILES string of the molecule is C=CC(=O)Nc1cc(Nc2nccc(-c3cc(C#N)cc4c3ccn4C)n2)c(OC)cc1N(C)CCN(C)C.C=CC(=O)Nc1cc(Nc2nccc(-c3cc(C)cc4c3cnn4C)n2)c(OC)cc1N(C)CCN(C)C. The Morgan fingerprint density at radius 3 is 1.64 bits per heavy atom. The van der Waals surface area contributed by atoms with Gasteiger partial charge in [-0.3, -0.25) is 14.3 Å². The van der Waals surface area contributed by atoms with Crippen LogP contribution >= 0.6 is 0 Å². The summed E-state index contributed by atoms with van der Waals surface area (Å²) in [5.41, 5.74) is 10.9. The van der Waals surface area contributed by atoms with E-state index in [1.165, 1.54) is 12.2 Å². The van der Waals surface area contributed by atoms with Gasteiger partial charge in [0.2, 0.25) is 23.7 Å². The highest BCUT2D eigenvalue weighted by Gasteiger charge is 2.20. The molecule has 0 atom stereocenters. The second-order valence-electron chi connectivity index (χ2n) is 18.8. The van der Waals surface area contributed by atoms with Gasteiger partial charge in [0.1, 0.15) is 11.5 Å². The fourth-order valence-corrected chi connectivity index (χ4v) is 8.44. The molecule has 0 spiro atoms. The van der Waals surface area contributed by atoms with Gasteiger partial charge >= 0.3 is 0 Å². The second-order valence-corrected chi connectivity index (χ2v) is 18.8. The molecule has 0 saturated heterocycles. The van der Waals surface area contributed by atoms with E-state index in [0.717, 1.165) is 81.7 Å². The van der Waals surface area contributed by atoms with Gasteiger partial charge in [-0.05, 0) is 107 Å². The number of ether oxygens (including phenoxy) is 2. The number of benzene rings is 4. The minimum atomic E-state index is -0.323. The van der Waals surface area contributed by atoms with Crippen LogP contribution in [0.15, 0.2) is 117 Å². The zero-order valence-electron chi connectivity index (χ0n) is 45.6. The fourth-order valence-electron chi connectivity index (χ4n) is 8.44. The van der Waals surface area contributed by atoms with Gasteiger partial charge in [-0.2, -0.15) is 10.4 Å². The molecular weight excluding hydrogens is 973 g/mol. The van der Waals surface area contributed by atoms with Crippen molar-refractivity contribution in [1.82, 2.24) is 44.1 Å². The van der Waals surface area contributed by atoms with E-state index in [9.17, 15) is 14.9 Å². The maximum Gasteiger partial charge on any atom is 0.247 e. The van der Waals surface area contributed by atoms with E-state index in [4.69, 9.17) is 19.4 Å². The highest BCUT2D eigenvalue weighted by molar-refractivity contribution is 6.03. The number of methoxy groups -OCH3 is 2. The first-order valence-electron chi connectivity index (χ1n) is 24.6. The predicted molar refractivity (Wildman–Crippen MR) is 309 cm³/mol. The summed E-state index contributed by atoms with van der Waals surface area (Å²) in [4.78, 5) is 51.2. The number of carbonyl (C=O) groups excluding carboxylic acids is 2. The molecule has 4 N–H and O–H groups in total. The van der Waals surface area contributed by atoms with E-state index in [0.29, 0.717) is 57.4 Å². The minimum absolute atomic E-state index is 0.304. The first-order chi connectivity index (χ1) is 36.9. The Morgan fingerprint density at radius 2 is 1.17 bits per heavy atom. The zero-order valence-corrected chi connectivity index (χ0v) is 45.6. The summed E-state index contributed by atoms with van der Waals surface area (Å²) in [6.45, 7) is 12.4. The number of nitriles is 1. The Balaban J connectivity index is 0.000000224. The lowest BCUT2D eigenvalue weighted by Crippen LogP contribution is -2.29. The van der Waals surface area contributed by atoms with Crippen LogP contribution in [0.5, 0.6) is 11.5 Å². The summed E-state index contributed by atoms with van der Waals surface area (Å²) in [5.74, 6) is 1.26. The molecule has 0 aliphatic carbocycles. The monoisotopic (exact) mass is 1040 g/mol. The molecule has 0 radical (unpaired) electrons. The van der Waals surface area contributed by atoms with E-state index in [2.05, 4.69) is 94.2 Å². The van der Waals surface area contributed by atoms with Crippen LogP contribution in [0.2, 0.25) is 0 Å². The van der Waals surface area contributed by atoms with E-state index < -0.39 is 0 Å². The maximum absolute atomic E-state index is 12.3. The van der Waals surface area contributed by atoms with E-state index in [-0.39, 0.29) is 11.8 Å². The summed E-state index contributed by atoms with van der Waals surface area (Å²) in [5, 5.41) is 28.3. The molecule has 8 rings (SSSR count). The molecule has 0 bridgehead atoms. The number of hydrogen-bond acceptors (Lipinski definition) is 16. The molecule has 20 heteroatoms. The van der Waals surface area contributed by atoms with Crippen molar-refractivity contribution in [2.24, 2.45) is 14.1 Å². The van der Waals surface area contributed by atoms with Gasteiger partial charge in [-0.25, -0.2) is 19.9 Å². The van der Waals surface area contributed by atoms with Crippen molar-refractivity contribution in [2.75, 3.05) is 114 Å². The minimum Gasteiger partial charge on any atom is -0.494 e. The summed E-state index contributed by atoms with van der Waals surface area (Å²) >= 11 is 0. The molecule has 0 saturated carbocycles. The van der Waals surface area contributed by atoms with Crippen molar-refractivity contribution in [3.05, 3.63) is 128 Å². The smallest absolute Gasteiger partial charge is 0.247 e. The number of amides is 2. The number of nitrogens with zero attached hydrogens (tertiary/aromatic N) is 12. The third-order valence-electron chi connectivity index (χ3n) is 12.6. The molecule has 20 nitrogen and oxygen atoms in total. The van der Waals surface area contributed by atoms with Gasteiger partial charge in [0, 0.05) is 113 Å². The Bertz CT molecular complexity index is 3500. The van der Waals surface area contributed by atoms with E-state index in [1.54, 1.807) is 32.7 Å². The van der Waals surface area contributed by atoms with Crippen LogP contribution in [-0.4, -0.2) is 139 Å². The Labute approximate surface area is 449 Å². The third-order valence-corrected chi connectivity index (χ3v) is 12.6. The summed E-state index contributed by atoms with van der Waals surface area (Å²) in [6.07, 6.45) is 9.65. The quantitative estimate of drug-likeness (QED) is 0.0527. The molecule has 0 aliphatic heterocycles. The molecule has 398 valence electrons. The number of aromatic nitrogens is 7. The predicted octanol–water partition coefficient (Wildman–Crippen LogP) is 8.59. The topological polar surface area (TPSA) is 212 Å². The molecule has 4 aromatic carbocycles.